The van der Waals surface area contributed by atoms with Gasteiger partial charge < -0.3 is 10.1 Å². The lowest BCUT2D eigenvalue weighted by atomic mass is 9.90. The largest absolute Gasteiger partial charge is 0.493 e. The van der Waals surface area contributed by atoms with Gasteiger partial charge in [-0.3, -0.25) is 0 Å². The predicted octanol–water partition coefficient (Wildman–Crippen LogP) is 2.86. The van der Waals surface area contributed by atoms with E-state index in [9.17, 15) is 0 Å². The van der Waals surface area contributed by atoms with Gasteiger partial charge in [0, 0.05) is 18.0 Å². The molecule has 90 valence electrons. The summed E-state index contributed by atoms with van der Waals surface area (Å²) >= 11 is 0. The zero-order valence-electron chi connectivity index (χ0n) is 10.1. The number of para-hydroxylation sites is 1. The summed E-state index contributed by atoms with van der Waals surface area (Å²) in [5.74, 6) is 1.62. The van der Waals surface area contributed by atoms with Crippen LogP contribution in [0.4, 0.5) is 0 Å². The molecule has 1 aromatic rings. The maximum Gasteiger partial charge on any atom is 0.123 e. The first kappa shape index (κ1) is 10.8. The molecule has 2 heterocycles. The highest BCUT2D eigenvalue weighted by molar-refractivity contribution is 5.40. The van der Waals surface area contributed by atoms with Gasteiger partial charge in [0.05, 0.1) is 6.61 Å². The van der Waals surface area contributed by atoms with Crippen LogP contribution in [0.5, 0.6) is 5.75 Å². The fraction of sp³-hybridized carbons (Fsp3) is 0.467. The van der Waals surface area contributed by atoms with E-state index >= 15 is 0 Å². The Kier molecular flexibility index (Phi) is 3.14. The van der Waals surface area contributed by atoms with E-state index in [0.29, 0.717) is 5.92 Å². The van der Waals surface area contributed by atoms with Crippen molar-refractivity contribution in [2.75, 3.05) is 19.7 Å². The van der Waals surface area contributed by atoms with Crippen molar-refractivity contribution < 1.29 is 4.74 Å². The van der Waals surface area contributed by atoms with Crippen LogP contribution in [-0.4, -0.2) is 19.7 Å². The minimum absolute atomic E-state index is 0.551. The van der Waals surface area contributed by atoms with E-state index in [0.717, 1.165) is 25.3 Å². The van der Waals surface area contributed by atoms with Crippen LogP contribution in [0.1, 0.15) is 30.7 Å². The standard InChI is InChI=1S/C15H19NO/c1-2-6-15-14(5-1)13(7-9-17-15)10-12-4-3-8-16-11-12/h1-2,5-6,10,13,16H,3-4,7-9,11H2/b12-10+. The number of benzene rings is 1. The fourth-order valence-electron chi connectivity index (χ4n) is 2.75. The van der Waals surface area contributed by atoms with E-state index in [1.165, 1.54) is 24.9 Å². The first-order valence-electron chi connectivity index (χ1n) is 6.55. The van der Waals surface area contributed by atoms with Gasteiger partial charge in [-0.25, -0.2) is 0 Å². The minimum Gasteiger partial charge on any atom is -0.493 e. The second-order valence-electron chi connectivity index (χ2n) is 4.89. The van der Waals surface area contributed by atoms with Gasteiger partial charge in [-0.15, -0.1) is 0 Å². The fourth-order valence-corrected chi connectivity index (χ4v) is 2.75. The molecule has 3 rings (SSSR count). The average molecular weight is 229 g/mol. The summed E-state index contributed by atoms with van der Waals surface area (Å²) in [6.45, 7) is 3.08. The van der Waals surface area contributed by atoms with Gasteiger partial charge in [-0.2, -0.15) is 0 Å². The maximum absolute atomic E-state index is 5.70. The molecular weight excluding hydrogens is 210 g/mol. The highest BCUT2D eigenvalue weighted by Gasteiger charge is 2.19. The molecule has 0 amide bonds. The van der Waals surface area contributed by atoms with Gasteiger partial charge in [0.2, 0.25) is 0 Å². The van der Waals surface area contributed by atoms with Crippen molar-refractivity contribution in [1.29, 1.82) is 0 Å². The minimum atomic E-state index is 0.551. The Balaban J connectivity index is 1.84. The number of nitrogens with one attached hydrogen (secondary N) is 1. The highest BCUT2D eigenvalue weighted by atomic mass is 16.5. The van der Waals surface area contributed by atoms with Crippen LogP contribution in [0, 0.1) is 0 Å². The van der Waals surface area contributed by atoms with Crippen LogP contribution in [0.25, 0.3) is 0 Å². The lowest BCUT2D eigenvalue weighted by Crippen LogP contribution is -2.24. The molecule has 1 N–H and O–H groups in total. The molecule has 1 aromatic carbocycles. The van der Waals surface area contributed by atoms with E-state index in [2.05, 4.69) is 35.7 Å². The summed E-state index contributed by atoms with van der Waals surface area (Å²) in [6, 6.07) is 8.44. The first-order valence-corrected chi connectivity index (χ1v) is 6.55. The molecule has 2 aliphatic rings. The maximum atomic E-state index is 5.70. The average Bonchev–Trinajstić information content (AvgIpc) is 2.40. The van der Waals surface area contributed by atoms with Crippen molar-refractivity contribution in [1.82, 2.24) is 5.32 Å². The molecule has 0 spiro atoms. The number of hydrogen-bond donors (Lipinski definition) is 1. The first-order chi connectivity index (χ1) is 8.43. The van der Waals surface area contributed by atoms with Crippen LogP contribution in [0.15, 0.2) is 35.9 Å². The Hall–Kier alpha value is -1.28. The van der Waals surface area contributed by atoms with Gasteiger partial charge in [-0.05, 0) is 31.9 Å². The Bertz CT molecular complexity index is 417. The quantitative estimate of drug-likeness (QED) is 0.748. The Labute approximate surface area is 103 Å². The van der Waals surface area contributed by atoms with E-state index < -0.39 is 0 Å². The number of allylic oxidation sites excluding steroid dienone is 1. The molecule has 2 nitrogen and oxygen atoms in total. The Morgan fingerprint density at radius 2 is 2.24 bits per heavy atom. The normalized spacial score (nSPS) is 26.4. The van der Waals surface area contributed by atoms with Gasteiger partial charge in [0.25, 0.3) is 0 Å². The van der Waals surface area contributed by atoms with Gasteiger partial charge in [-0.1, -0.05) is 29.8 Å². The van der Waals surface area contributed by atoms with Crippen molar-refractivity contribution in [3.63, 3.8) is 0 Å². The van der Waals surface area contributed by atoms with E-state index in [1.807, 2.05) is 0 Å². The molecule has 1 saturated heterocycles. The summed E-state index contributed by atoms with van der Waals surface area (Å²) in [7, 11) is 0. The molecule has 1 fully saturated rings. The summed E-state index contributed by atoms with van der Waals surface area (Å²) in [5.41, 5.74) is 2.93. The third-order valence-electron chi connectivity index (χ3n) is 3.65. The molecule has 1 atom stereocenters. The molecule has 1 unspecified atom stereocenters. The van der Waals surface area contributed by atoms with Crippen LogP contribution >= 0.6 is 0 Å². The van der Waals surface area contributed by atoms with Crippen molar-refractivity contribution in [3.05, 3.63) is 41.5 Å². The second kappa shape index (κ2) is 4.92. The molecule has 0 aromatic heterocycles. The molecule has 0 radical (unpaired) electrons. The SMILES string of the molecule is C(=C1/CCCNC1)/C1CCOc2ccccc21. The zero-order valence-corrected chi connectivity index (χ0v) is 10.1. The zero-order chi connectivity index (χ0) is 11.5. The van der Waals surface area contributed by atoms with Gasteiger partial charge >= 0.3 is 0 Å². The molecule has 0 saturated carbocycles. The second-order valence-corrected chi connectivity index (χ2v) is 4.89. The van der Waals surface area contributed by atoms with E-state index in [4.69, 9.17) is 4.74 Å². The van der Waals surface area contributed by atoms with Crippen molar-refractivity contribution in [2.45, 2.75) is 25.2 Å². The number of hydrogen-bond acceptors (Lipinski definition) is 2. The van der Waals surface area contributed by atoms with Gasteiger partial charge in [0.15, 0.2) is 0 Å². The van der Waals surface area contributed by atoms with Crippen molar-refractivity contribution in [2.24, 2.45) is 0 Å². The van der Waals surface area contributed by atoms with Crippen molar-refractivity contribution >= 4 is 0 Å². The van der Waals surface area contributed by atoms with E-state index in [-0.39, 0.29) is 0 Å². The number of piperidine rings is 1. The molecule has 17 heavy (non-hydrogen) atoms. The van der Waals surface area contributed by atoms with Crippen molar-refractivity contribution in [3.8, 4) is 5.75 Å². The van der Waals surface area contributed by atoms with Gasteiger partial charge in [0.1, 0.15) is 5.75 Å². The molecule has 2 aliphatic heterocycles. The molecule has 0 aliphatic carbocycles. The topological polar surface area (TPSA) is 21.3 Å². The Morgan fingerprint density at radius 1 is 1.29 bits per heavy atom. The third kappa shape index (κ3) is 2.37. The third-order valence-corrected chi connectivity index (χ3v) is 3.65. The lowest BCUT2D eigenvalue weighted by Gasteiger charge is -2.25. The summed E-state index contributed by atoms with van der Waals surface area (Å²) in [5, 5.41) is 3.45. The monoisotopic (exact) mass is 229 g/mol. The predicted molar refractivity (Wildman–Crippen MR) is 69.5 cm³/mol. The highest BCUT2D eigenvalue weighted by Crippen LogP contribution is 2.35. The van der Waals surface area contributed by atoms with E-state index in [1.54, 1.807) is 5.57 Å². The van der Waals surface area contributed by atoms with Crippen LogP contribution in [-0.2, 0) is 0 Å². The Morgan fingerprint density at radius 3 is 3.12 bits per heavy atom. The molecule has 0 bridgehead atoms. The number of fused-ring (bicyclic) bond motifs is 1. The molecule has 2 heteroatoms. The van der Waals surface area contributed by atoms with Crippen LogP contribution < -0.4 is 10.1 Å². The van der Waals surface area contributed by atoms with Crippen LogP contribution in [0.2, 0.25) is 0 Å². The lowest BCUT2D eigenvalue weighted by molar-refractivity contribution is 0.278. The number of rotatable bonds is 1. The summed E-state index contributed by atoms with van der Waals surface area (Å²) in [6.07, 6.45) is 6.11. The summed E-state index contributed by atoms with van der Waals surface area (Å²) in [4.78, 5) is 0. The molecular formula is C15H19NO. The number of ether oxygens (including phenoxy) is 1. The smallest absolute Gasteiger partial charge is 0.123 e. The summed E-state index contributed by atoms with van der Waals surface area (Å²) < 4.78 is 5.70. The van der Waals surface area contributed by atoms with Crippen LogP contribution in [0.3, 0.4) is 0 Å².